The van der Waals surface area contributed by atoms with E-state index in [1.807, 2.05) is 24.3 Å². The lowest BCUT2D eigenvalue weighted by atomic mass is 10.2. The van der Waals surface area contributed by atoms with Crippen molar-refractivity contribution in [1.82, 2.24) is 10.2 Å². The Bertz CT molecular complexity index is 515. The highest BCUT2D eigenvalue weighted by atomic mass is 32.1. The molecule has 0 saturated carbocycles. The number of nitrogens with one attached hydrogen (secondary N) is 1. The number of hydrogen-bond acceptors (Lipinski definition) is 6. The van der Waals surface area contributed by atoms with Crippen molar-refractivity contribution in [2.75, 3.05) is 7.11 Å². The maximum Gasteiger partial charge on any atom is 0.273 e. The van der Waals surface area contributed by atoms with Crippen molar-refractivity contribution in [3.63, 3.8) is 0 Å². The van der Waals surface area contributed by atoms with Crippen LogP contribution in [0.1, 0.15) is 5.56 Å². The van der Waals surface area contributed by atoms with Crippen molar-refractivity contribution in [2.45, 2.75) is 12.0 Å². The topological polar surface area (TPSA) is 93.6 Å². The molecule has 6 nitrogen and oxygen atoms in total. The molecule has 0 spiro atoms. The molecule has 1 unspecified atom stereocenters. The summed E-state index contributed by atoms with van der Waals surface area (Å²) in [4.78, 5) is 13.1. The molecule has 19 heavy (non-hydrogen) atoms. The van der Waals surface area contributed by atoms with Crippen molar-refractivity contribution in [3.05, 3.63) is 41.3 Å². The van der Waals surface area contributed by atoms with Crippen LogP contribution >= 0.6 is 12.6 Å². The predicted molar refractivity (Wildman–Crippen MR) is 74.9 cm³/mol. The van der Waals surface area contributed by atoms with E-state index < -0.39 is 11.4 Å². The summed E-state index contributed by atoms with van der Waals surface area (Å²) in [6.45, 7) is 0.491. The number of nitrogens with zero attached hydrogens (tertiary/aromatic N) is 1. The smallest absolute Gasteiger partial charge is 0.273 e. The normalized spacial score (nSPS) is 19.4. The van der Waals surface area contributed by atoms with E-state index in [1.165, 1.54) is 0 Å². The van der Waals surface area contributed by atoms with Crippen LogP contribution in [0.25, 0.3) is 0 Å². The number of amides is 1. The van der Waals surface area contributed by atoms with Gasteiger partial charge in [-0.2, -0.15) is 0 Å². The summed E-state index contributed by atoms with van der Waals surface area (Å²) >= 11 is 4.28. The highest BCUT2D eigenvalue weighted by Gasteiger charge is 2.28. The SMILES string of the molecule is COc1ccc(CN2C(N)=C(N)C(=O)NC2S)cc1. The largest absolute Gasteiger partial charge is 0.497 e. The fourth-order valence-electron chi connectivity index (χ4n) is 1.77. The highest BCUT2D eigenvalue weighted by molar-refractivity contribution is 7.80. The van der Waals surface area contributed by atoms with Gasteiger partial charge in [-0.3, -0.25) is 4.79 Å². The zero-order chi connectivity index (χ0) is 14.0. The Labute approximate surface area is 116 Å². The molecule has 7 heteroatoms. The second-order valence-electron chi connectivity index (χ2n) is 4.12. The summed E-state index contributed by atoms with van der Waals surface area (Å²) in [5.41, 5.74) is 12.0. The third kappa shape index (κ3) is 2.70. The number of rotatable bonds is 3. The molecule has 5 N–H and O–H groups in total. The van der Waals surface area contributed by atoms with Gasteiger partial charge in [0.1, 0.15) is 22.8 Å². The van der Waals surface area contributed by atoms with Crippen LogP contribution in [0.3, 0.4) is 0 Å². The molecule has 0 bridgehead atoms. The Morgan fingerprint density at radius 1 is 1.37 bits per heavy atom. The van der Waals surface area contributed by atoms with E-state index in [9.17, 15) is 4.79 Å². The van der Waals surface area contributed by atoms with Gasteiger partial charge >= 0.3 is 0 Å². The molecule has 1 heterocycles. The summed E-state index contributed by atoms with van der Waals surface area (Å²) in [5, 5.41) is 2.62. The number of nitrogens with two attached hydrogens (primary N) is 2. The lowest BCUT2D eigenvalue weighted by Gasteiger charge is -2.35. The average Bonchev–Trinajstić information content (AvgIpc) is 2.42. The third-order valence-electron chi connectivity index (χ3n) is 2.90. The molecule has 1 amide bonds. The average molecular weight is 280 g/mol. The molecular formula is C12H16N4O2S. The fraction of sp³-hybridized carbons (Fsp3) is 0.250. The number of ether oxygens (including phenoxy) is 1. The van der Waals surface area contributed by atoms with Crippen LogP contribution < -0.4 is 21.5 Å². The first-order valence-corrected chi connectivity index (χ1v) is 6.18. The molecule has 0 aromatic heterocycles. The van der Waals surface area contributed by atoms with Crippen molar-refractivity contribution in [1.29, 1.82) is 0 Å². The van der Waals surface area contributed by atoms with Gasteiger partial charge in [-0.1, -0.05) is 12.1 Å². The lowest BCUT2D eigenvalue weighted by molar-refractivity contribution is -0.119. The maximum atomic E-state index is 11.4. The van der Waals surface area contributed by atoms with E-state index in [2.05, 4.69) is 17.9 Å². The first-order chi connectivity index (χ1) is 9.02. The molecule has 0 fully saturated rings. The summed E-state index contributed by atoms with van der Waals surface area (Å²) in [6.07, 6.45) is 0. The Morgan fingerprint density at radius 2 is 2.00 bits per heavy atom. The van der Waals surface area contributed by atoms with Crippen LogP contribution in [0.2, 0.25) is 0 Å². The minimum atomic E-state index is -0.498. The third-order valence-corrected chi connectivity index (χ3v) is 3.31. The number of benzene rings is 1. The van der Waals surface area contributed by atoms with Gasteiger partial charge in [-0.25, -0.2) is 0 Å². The number of thiol groups is 1. The van der Waals surface area contributed by atoms with Crippen molar-refractivity contribution >= 4 is 18.5 Å². The minimum Gasteiger partial charge on any atom is -0.497 e. The van der Waals surface area contributed by atoms with Crippen LogP contribution in [0.5, 0.6) is 5.75 Å². The molecule has 0 radical (unpaired) electrons. The van der Waals surface area contributed by atoms with Crippen LogP contribution in [-0.4, -0.2) is 23.4 Å². The molecule has 1 aromatic rings. The van der Waals surface area contributed by atoms with E-state index in [0.29, 0.717) is 6.54 Å². The fourth-order valence-corrected chi connectivity index (χ4v) is 2.10. The Balaban J connectivity index is 2.19. The van der Waals surface area contributed by atoms with E-state index in [-0.39, 0.29) is 11.5 Å². The molecule has 2 rings (SSSR count). The van der Waals surface area contributed by atoms with Crippen LogP contribution in [0.15, 0.2) is 35.8 Å². The van der Waals surface area contributed by atoms with Gasteiger partial charge in [0.05, 0.1) is 7.11 Å². The molecule has 1 aromatic carbocycles. The van der Waals surface area contributed by atoms with Crippen LogP contribution in [0, 0.1) is 0 Å². The standard InChI is InChI=1S/C12H16N4O2S/c1-18-8-4-2-7(3-5-8)6-16-10(14)9(13)11(17)15-12(16)19/h2-5,12,19H,6,13-14H2,1H3,(H,15,17). The molecule has 0 aliphatic carbocycles. The number of carbonyl (C=O) groups is 1. The van der Waals surface area contributed by atoms with Gasteiger partial charge in [0.15, 0.2) is 0 Å². The van der Waals surface area contributed by atoms with E-state index in [4.69, 9.17) is 16.2 Å². The van der Waals surface area contributed by atoms with E-state index >= 15 is 0 Å². The van der Waals surface area contributed by atoms with Gasteiger partial charge in [-0.05, 0) is 17.7 Å². The molecule has 1 atom stereocenters. The van der Waals surface area contributed by atoms with Crippen LogP contribution in [-0.2, 0) is 11.3 Å². The van der Waals surface area contributed by atoms with Crippen molar-refractivity contribution in [3.8, 4) is 5.75 Å². The first kappa shape index (κ1) is 13.4. The molecule has 1 aliphatic rings. The van der Waals surface area contributed by atoms with Crippen molar-refractivity contribution < 1.29 is 9.53 Å². The lowest BCUT2D eigenvalue weighted by Crippen LogP contribution is -2.53. The van der Waals surface area contributed by atoms with Gasteiger partial charge in [0.2, 0.25) is 0 Å². The maximum absolute atomic E-state index is 11.4. The monoisotopic (exact) mass is 280 g/mol. The number of methoxy groups -OCH3 is 1. The second kappa shape index (κ2) is 5.31. The highest BCUT2D eigenvalue weighted by Crippen LogP contribution is 2.19. The predicted octanol–water partition coefficient (Wildman–Crippen LogP) is -0.0731. The quantitative estimate of drug-likeness (QED) is 0.581. The van der Waals surface area contributed by atoms with E-state index in [1.54, 1.807) is 12.0 Å². The Morgan fingerprint density at radius 3 is 2.58 bits per heavy atom. The Hall–Kier alpha value is -2.02. The summed E-state index contributed by atoms with van der Waals surface area (Å²) in [6, 6.07) is 7.54. The van der Waals surface area contributed by atoms with Crippen LogP contribution in [0.4, 0.5) is 0 Å². The zero-order valence-electron chi connectivity index (χ0n) is 10.5. The number of carbonyl (C=O) groups excluding carboxylic acids is 1. The first-order valence-electron chi connectivity index (χ1n) is 5.66. The van der Waals surface area contributed by atoms with E-state index in [0.717, 1.165) is 11.3 Å². The Kier molecular flexibility index (Phi) is 3.75. The number of hydrogen-bond donors (Lipinski definition) is 4. The summed E-state index contributed by atoms with van der Waals surface area (Å²) in [7, 11) is 1.61. The minimum absolute atomic E-state index is 0.0128. The van der Waals surface area contributed by atoms with Gasteiger partial charge in [0, 0.05) is 6.54 Å². The summed E-state index contributed by atoms with van der Waals surface area (Å²) in [5.74, 6) is 0.615. The second-order valence-corrected chi connectivity index (χ2v) is 4.61. The molecule has 0 saturated heterocycles. The van der Waals surface area contributed by atoms with Gasteiger partial charge in [0.25, 0.3) is 5.91 Å². The van der Waals surface area contributed by atoms with Gasteiger partial charge < -0.3 is 26.4 Å². The van der Waals surface area contributed by atoms with Crippen molar-refractivity contribution in [2.24, 2.45) is 11.5 Å². The summed E-state index contributed by atoms with van der Waals surface area (Å²) < 4.78 is 5.09. The molecule has 1 aliphatic heterocycles. The zero-order valence-corrected chi connectivity index (χ0v) is 11.4. The molecular weight excluding hydrogens is 264 g/mol. The van der Waals surface area contributed by atoms with Gasteiger partial charge in [-0.15, -0.1) is 12.6 Å². The molecule has 102 valence electrons.